The van der Waals surface area contributed by atoms with Gasteiger partial charge in [0.25, 0.3) is 5.56 Å². The molecule has 3 aromatic carbocycles. The largest absolute Gasteiger partial charge is 0.268 e. The Labute approximate surface area is 169 Å². The van der Waals surface area contributed by atoms with Crippen LogP contribution in [0.5, 0.6) is 0 Å². The molecule has 1 heterocycles. The Bertz CT molecular complexity index is 1200. The molecule has 0 radical (unpaired) electrons. The molecule has 0 fully saturated rings. The second-order valence-electron chi connectivity index (χ2n) is 5.99. The molecule has 1 aromatic heterocycles. The van der Waals surface area contributed by atoms with E-state index in [0.29, 0.717) is 21.7 Å². The molecule has 0 aliphatic carbocycles. The summed E-state index contributed by atoms with van der Waals surface area (Å²) >= 11 is 9.44. The minimum absolute atomic E-state index is 0.113. The number of hydrogen-bond acceptors (Lipinski definition) is 2. The Morgan fingerprint density at radius 2 is 1.59 bits per heavy atom. The van der Waals surface area contributed by atoms with Gasteiger partial charge in [0.1, 0.15) is 5.82 Å². The normalized spacial score (nSPS) is 11.3. The number of rotatable bonds is 3. The molecule has 4 rings (SSSR count). The van der Waals surface area contributed by atoms with Gasteiger partial charge in [-0.2, -0.15) is 0 Å². The van der Waals surface area contributed by atoms with E-state index in [9.17, 15) is 4.79 Å². The Morgan fingerprint density at radius 3 is 2.33 bits per heavy atom. The molecule has 132 valence electrons. The van der Waals surface area contributed by atoms with Crippen LogP contribution in [0, 0.1) is 0 Å². The SMILES string of the molecule is O=c1c2ccccc2nc(/C=C/c2ccc(Br)cc2)n1-c1ccc(Cl)cc1. The van der Waals surface area contributed by atoms with Gasteiger partial charge in [-0.25, -0.2) is 4.98 Å². The van der Waals surface area contributed by atoms with Crippen LogP contribution in [0.25, 0.3) is 28.7 Å². The number of benzene rings is 3. The third kappa shape index (κ3) is 3.72. The molecule has 5 heteroatoms. The highest BCUT2D eigenvalue weighted by Gasteiger charge is 2.10. The third-order valence-electron chi connectivity index (χ3n) is 4.18. The lowest BCUT2D eigenvalue weighted by Crippen LogP contribution is -2.22. The Hall–Kier alpha value is -2.69. The molecule has 0 unspecified atom stereocenters. The first-order valence-corrected chi connectivity index (χ1v) is 9.50. The molecule has 0 amide bonds. The van der Waals surface area contributed by atoms with Crippen molar-refractivity contribution in [3.63, 3.8) is 0 Å². The Kier molecular flexibility index (Phi) is 4.92. The molecule has 0 aliphatic heterocycles. The Balaban J connectivity index is 1.92. The first kappa shape index (κ1) is 17.7. The number of aromatic nitrogens is 2. The average molecular weight is 438 g/mol. The van der Waals surface area contributed by atoms with Crippen molar-refractivity contribution in [2.45, 2.75) is 0 Å². The summed E-state index contributed by atoms with van der Waals surface area (Å²) < 4.78 is 2.62. The highest BCUT2D eigenvalue weighted by Crippen LogP contribution is 2.18. The van der Waals surface area contributed by atoms with Gasteiger partial charge in [0.2, 0.25) is 0 Å². The molecule has 4 aromatic rings. The highest BCUT2D eigenvalue weighted by atomic mass is 79.9. The maximum Gasteiger partial charge on any atom is 0.266 e. The van der Waals surface area contributed by atoms with Crippen molar-refractivity contribution in [1.82, 2.24) is 9.55 Å². The van der Waals surface area contributed by atoms with E-state index in [-0.39, 0.29) is 5.56 Å². The molecule has 27 heavy (non-hydrogen) atoms. The lowest BCUT2D eigenvalue weighted by Gasteiger charge is -2.11. The smallest absolute Gasteiger partial charge is 0.266 e. The summed E-state index contributed by atoms with van der Waals surface area (Å²) in [6, 6.07) is 22.5. The first-order valence-electron chi connectivity index (χ1n) is 8.33. The lowest BCUT2D eigenvalue weighted by atomic mass is 10.2. The number of halogens is 2. The van der Waals surface area contributed by atoms with E-state index in [1.54, 1.807) is 22.8 Å². The van der Waals surface area contributed by atoms with Gasteiger partial charge in [-0.1, -0.05) is 57.9 Å². The van der Waals surface area contributed by atoms with Crippen LogP contribution < -0.4 is 5.56 Å². The van der Waals surface area contributed by atoms with Gasteiger partial charge in [-0.15, -0.1) is 0 Å². The predicted octanol–water partition coefficient (Wildman–Crippen LogP) is 5.97. The van der Waals surface area contributed by atoms with E-state index in [4.69, 9.17) is 16.6 Å². The van der Waals surface area contributed by atoms with Crippen LogP contribution in [0.4, 0.5) is 0 Å². The zero-order valence-corrected chi connectivity index (χ0v) is 16.5. The average Bonchev–Trinajstić information content (AvgIpc) is 2.69. The summed E-state index contributed by atoms with van der Waals surface area (Å²) in [7, 11) is 0. The molecular formula is C22H14BrClN2O. The van der Waals surface area contributed by atoms with Gasteiger partial charge in [-0.05, 0) is 60.2 Å². The third-order valence-corrected chi connectivity index (χ3v) is 4.96. The molecule has 0 spiro atoms. The van der Waals surface area contributed by atoms with Crippen LogP contribution in [0.1, 0.15) is 11.4 Å². The predicted molar refractivity (Wildman–Crippen MR) is 115 cm³/mol. The molecule has 0 saturated carbocycles. The van der Waals surface area contributed by atoms with Gasteiger partial charge in [0.15, 0.2) is 0 Å². The summed E-state index contributed by atoms with van der Waals surface area (Å²) in [4.78, 5) is 17.8. The van der Waals surface area contributed by atoms with E-state index in [1.807, 2.05) is 66.7 Å². The van der Waals surface area contributed by atoms with Gasteiger partial charge in [-0.3, -0.25) is 9.36 Å². The zero-order valence-electron chi connectivity index (χ0n) is 14.1. The maximum atomic E-state index is 13.1. The fourth-order valence-corrected chi connectivity index (χ4v) is 3.24. The topological polar surface area (TPSA) is 34.9 Å². The van der Waals surface area contributed by atoms with E-state index in [0.717, 1.165) is 15.7 Å². The minimum atomic E-state index is -0.113. The highest BCUT2D eigenvalue weighted by molar-refractivity contribution is 9.10. The number of para-hydroxylation sites is 1. The summed E-state index contributed by atoms with van der Waals surface area (Å²) in [6.07, 6.45) is 3.79. The number of fused-ring (bicyclic) bond motifs is 1. The van der Waals surface area contributed by atoms with Crippen LogP contribution in [0.3, 0.4) is 0 Å². The molecule has 3 nitrogen and oxygen atoms in total. The van der Waals surface area contributed by atoms with Crippen LogP contribution in [0.15, 0.2) is 82.1 Å². The zero-order chi connectivity index (χ0) is 18.8. The van der Waals surface area contributed by atoms with E-state index in [1.165, 1.54) is 0 Å². The van der Waals surface area contributed by atoms with Gasteiger partial charge < -0.3 is 0 Å². The van der Waals surface area contributed by atoms with E-state index in [2.05, 4.69) is 15.9 Å². The fraction of sp³-hybridized carbons (Fsp3) is 0. The lowest BCUT2D eigenvalue weighted by molar-refractivity contribution is 0.944. The summed E-state index contributed by atoms with van der Waals surface area (Å²) in [5.74, 6) is 0.559. The van der Waals surface area contributed by atoms with Crippen molar-refractivity contribution in [2.75, 3.05) is 0 Å². The van der Waals surface area contributed by atoms with Crippen molar-refractivity contribution in [3.8, 4) is 5.69 Å². The van der Waals surface area contributed by atoms with Crippen molar-refractivity contribution in [2.24, 2.45) is 0 Å². The molecule has 0 saturated heterocycles. The monoisotopic (exact) mass is 436 g/mol. The fourth-order valence-electron chi connectivity index (χ4n) is 2.85. The van der Waals surface area contributed by atoms with Crippen LogP contribution >= 0.6 is 27.5 Å². The quantitative estimate of drug-likeness (QED) is 0.396. The molecule has 0 aliphatic rings. The minimum Gasteiger partial charge on any atom is -0.268 e. The van der Waals surface area contributed by atoms with Gasteiger partial charge in [0, 0.05) is 9.50 Å². The molecule has 0 bridgehead atoms. The summed E-state index contributed by atoms with van der Waals surface area (Å²) in [6.45, 7) is 0. The summed E-state index contributed by atoms with van der Waals surface area (Å²) in [5.41, 5.74) is 2.29. The molecule has 0 atom stereocenters. The number of nitrogens with zero attached hydrogens (tertiary/aromatic N) is 2. The van der Waals surface area contributed by atoms with Crippen LogP contribution in [-0.2, 0) is 0 Å². The summed E-state index contributed by atoms with van der Waals surface area (Å²) in [5, 5.41) is 1.20. The van der Waals surface area contributed by atoms with Crippen molar-refractivity contribution in [1.29, 1.82) is 0 Å². The second kappa shape index (κ2) is 7.51. The van der Waals surface area contributed by atoms with Crippen molar-refractivity contribution in [3.05, 3.63) is 104 Å². The second-order valence-corrected chi connectivity index (χ2v) is 7.34. The van der Waals surface area contributed by atoms with E-state index < -0.39 is 0 Å². The van der Waals surface area contributed by atoms with Crippen LogP contribution in [0.2, 0.25) is 5.02 Å². The van der Waals surface area contributed by atoms with Crippen LogP contribution in [-0.4, -0.2) is 9.55 Å². The number of hydrogen-bond donors (Lipinski definition) is 0. The maximum absolute atomic E-state index is 13.1. The Morgan fingerprint density at radius 1 is 0.889 bits per heavy atom. The molecular weight excluding hydrogens is 424 g/mol. The first-order chi connectivity index (χ1) is 13.1. The standard InChI is InChI=1S/C22H14BrClN2O/c23-16-8-5-15(6-9-16)7-14-21-25-20-4-2-1-3-19(20)22(27)26(21)18-12-10-17(24)11-13-18/h1-14H/b14-7+. The van der Waals surface area contributed by atoms with Gasteiger partial charge in [0.05, 0.1) is 16.6 Å². The van der Waals surface area contributed by atoms with Crippen molar-refractivity contribution < 1.29 is 0 Å². The van der Waals surface area contributed by atoms with Crippen molar-refractivity contribution >= 4 is 50.6 Å². The van der Waals surface area contributed by atoms with E-state index >= 15 is 0 Å². The van der Waals surface area contributed by atoms with Gasteiger partial charge >= 0.3 is 0 Å². The molecule has 0 N–H and O–H groups in total.